The summed E-state index contributed by atoms with van der Waals surface area (Å²) in [5, 5.41) is 11.7. The fourth-order valence-electron chi connectivity index (χ4n) is 3.27. The van der Waals surface area contributed by atoms with Gasteiger partial charge in [-0.15, -0.1) is 34.2 Å². The van der Waals surface area contributed by atoms with Crippen molar-refractivity contribution in [3.63, 3.8) is 0 Å². The first kappa shape index (κ1) is 25.7. The second-order valence-electron chi connectivity index (χ2n) is 7.34. The Hall–Kier alpha value is -1.51. The Kier molecular flexibility index (Phi) is 9.90. The van der Waals surface area contributed by atoms with Gasteiger partial charge in [0.25, 0.3) is 0 Å². The molecule has 174 valence electrons. The Morgan fingerprint density at radius 3 is 2.65 bits per heavy atom. The number of guanidine groups is 1. The van der Waals surface area contributed by atoms with Crippen LogP contribution in [-0.2, 0) is 21.3 Å². The van der Waals surface area contributed by atoms with Gasteiger partial charge in [0, 0.05) is 38.9 Å². The summed E-state index contributed by atoms with van der Waals surface area (Å²) < 4.78 is 33.9. The normalized spacial score (nSPS) is 16.0. The van der Waals surface area contributed by atoms with E-state index < -0.39 is 10.0 Å². The zero-order chi connectivity index (χ0) is 21.6. The van der Waals surface area contributed by atoms with E-state index in [0.717, 1.165) is 24.0 Å². The quantitative estimate of drug-likeness (QED) is 0.291. The van der Waals surface area contributed by atoms with Gasteiger partial charge >= 0.3 is 0 Å². The molecule has 2 aromatic rings. The number of nitrogens with one attached hydrogen (secondary N) is 1. The van der Waals surface area contributed by atoms with E-state index in [9.17, 15) is 8.42 Å². The average Bonchev–Trinajstić information content (AvgIpc) is 3.14. The van der Waals surface area contributed by atoms with Crippen LogP contribution in [0.4, 0.5) is 0 Å². The summed E-state index contributed by atoms with van der Waals surface area (Å²) in [6, 6.07) is 5.75. The van der Waals surface area contributed by atoms with E-state index in [1.807, 2.05) is 49.6 Å². The third-order valence-electron chi connectivity index (χ3n) is 4.81. The lowest BCUT2D eigenvalue weighted by Crippen LogP contribution is -2.54. The molecule has 10 nitrogen and oxygen atoms in total. The highest BCUT2D eigenvalue weighted by molar-refractivity contribution is 14.0. The Bertz CT molecular complexity index is 956. The van der Waals surface area contributed by atoms with Crippen molar-refractivity contribution in [3.8, 4) is 0 Å². The van der Waals surface area contributed by atoms with Crippen molar-refractivity contribution in [2.24, 2.45) is 4.99 Å². The Morgan fingerprint density at radius 1 is 1.23 bits per heavy atom. The number of pyridine rings is 1. The van der Waals surface area contributed by atoms with Crippen molar-refractivity contribution in [2.45, 2.75) is 33.4 Å². The number of halogens is 1. The van der Waals surface area contributed by atoms with Crippen LogP contribution in [-0.4, -0.2) is 89.4 Å². The molecule has 12 heteroatoms. The maximum atomic E-state index is 12.5. The van der Waals surface area contributed by atoms with Crippen molar-refractivity contribution >= 4 is 45.6 Å². The topological polar surface area (TPSA) is 104 Å². The number of hydrogen-bond donors (Lipinski definition) is 1. The van der Waals surface area contributed by atoms with Crippen molar-refractivity contribution in [2.75, 3.05) is 45.1 Å². The third kappa shape index (κ3) is 6.99. The molecule has 3 rings (SSSR count). The number of nitrogens with zero attached hydrogens (tertiary/aromatic N) is 6. The van der Waals surface area contributed by atoms with E-state index in [1.165, 1.54) is 0 Å². The summed E-state index contributed by atoms with van der Waals surface area (Å²) in [4.78, 5) is 6.79. The fraction of sp³-hybridized carbons (Fsp3) is 0.632. The molecule has 0 bridgehead atoms. The SMILES string of the molecule is CCNC(=NCc1nnc2ccccn12)N1CCN(S(=O)(=O)CCOC(C)C)CC1.I. The van der Waals surface area contributed by atoms with Crippen LogP contribution in [0, 0.1) is 0 Å². The summed E-state index contributed by atoms with van der Waals surface area (Å²) in [7, 11) is -3.31. The van der Waals surface area contributed by atoms with Crippen LogP contribution in [0.25, 0.3) is 5.65 Å². The van der Waals surface area contributed by atoms with Gasteiger partial charge in [0.05, 0.1) is 18.5 Å². The van der Waals surface area contributed by atoms with Gasteiger partial charge in [0.15, 0.2) is 17.4 Å². The van der Waals surface area contributed by atoms with Crippen LogP contribution in [0.2, 0.25) is 0 Å². The van der Waals surface area contributed by atoms with E-state index >= 15 is 0 Å². The number of fused-ring (bicyclic) bond motifs is 1. The molecule has 0 atom stereocenters. The van der Waals surface area contributed by atoms with Crippen LogP contribution in [0.5, 0.6) is 0 Å². The van der Waals surface area contributed by atoms with E-state index in [1.54, 1.807) is 4.31 Å². The molecule has 0 amide bonds. The molecular formula is C19H32IN7O3S. The van der Waals surface area contributed by atoms with Crippen molar-refractivity contribution in [3.05, 3.63) is 30.2 Å². The number of rotatable bonds is 8. The van der Waals surface area contributed by atoms with Gasteiger partial charge < -0.3 is 15.0 Å². The van der Waals surface area contributed by atoms with Crippen molar-refractivity contribution < 1.29 is 13.2 Å². The van der Waals surface area contributed by atoms with Crippen molar-refractivity contribution in [1.82, 2.24) is 29.1 Å². The summed E-state index contributed by atoms with van der Waals surface area (Å²) in [5.74, 6) is 1.52. The van der Waals surface area contributed by atoms with Crippen LogP contribution in [0.3, 0.4) is 0 Å². The largest absolute Gasteiger partial charge is 0.378 e. The molecule has 0 unspecified atom stereocenters. The van der Waals surface area contributed by atoms with Crippen molar-refractivity contribution in [1.29, 1.82) is 0 Å². The minimum atomic E-state index is -3.31. The molecular weight excluding hydrogens is 533 g/mol. The molecule has 1 aliphatic rings. The molecule has 1 aliphatic heterocycles. The number of ether oxygens (including phenoxy) is 1. The lowest BCUT2D eigenvalue weighted by molar-refractivity contribution is 0.0904. The highest BCUT2D eigenvalue weighted by Crippen LogP contribution is 2.10. The third-order valence-corrected chi connectivity index (χ3v) is 6.65. The molecule has 31 heavy (non-hydrogen) atoms. The number of hydrogen-bond acceptors (Lipinski definition) is 6. The van der Waals surface area contributed by atoms with Gasteiger partial charge in [0.1, 0.15) is 6.54 Å². The molecule has 3 heterocycles. The van der Waals surface area contributed by atoms with Gasteiger partial charge in [-0.2, -0.15) is 4.31 Å². The first-order chi connectivity index (χ1) is 14.4. The van der Waals surface area contributed by atoms with Gasteiger partial charge in [-0.3, -0.25) is 4.40 Å². The standard InChI is InChI=1S/C19H31N7O3S.HI/c1-4-20-19(21-15-18-23-22-17-7-5-6-8-26(17)18)24-9-11-25(12-10-24)30(27,28)14-13-29-16(2)3;/h5-8,16H,4,9-15H2,1-3H3,(H,20,21);1H. The van der Waals surface area contributed by atoms with E-state index in [0.29, 0.717) is 32.7 Å². The van der Waals surface area contributed by atoms with Crippen LogP contribution in [0.15, 0.2) is 29.4 Å². The lowest BCUT2D eigenvalue weighted by atomic mass is 10.4. The summed E-state index contributed by atoms with van der Waals surface area (Å²) >= 11 is 0. The lowest BCUT2D eigenvalue weighted by Gasteiger charge is -2.35. The number of aromatic nitrogens is 3. The molecule has 1 N–H and O–H groups in total. The predicted molar refractivity (Wildman–Crippen MR) is 131 cm³/mol. The second-order valence-corrected chi connectivity index (χ2v) is 9.43. The smallest absolute Gasteiger partial charge is 0.216 e. The molecule has 2 aromatic heterocycles. The van der Waals surface area contributed by atoms with Crippen LogP contribution in [0.1, 0.15) is 26.6 Å². The van der Waals surface area contributed by atoms with Gasteiger partial charge in [0.2, 0.25) is 10.0 Å². The monoisotopic (exact) mass is 565 g/mol. The Labute approximate surface area is 201 Å². The summed E-state index contributed by atoms with van der Waals surface area (Å²) in [6.07, 6.45) is 1.94. The second kappa shape index (κ2) is 11.9. The van der Waals surface area contributed by atoms with E-state index in [2.05, 4.69) is 20.4 Å². The molecule has 1 fully saturated rings. The van der Waals surface area contributed by atoms with Gasteiger partial charge in [-0.25, -0.2) is 13.4 Å². The Balaban J connectivity index is 0.00000341. The Morgan fingerprint density at radius 2 is 1.97 bits per heavy atom. The zero-order valence-corrected chi connectivity index (χ0v) is 21.4. The number of aliphatic imine (C=N–C) groups is 1. The molecule has 0 saturated carbocycles. The van der Waals surface area contributed by atoms with Gasteiger partial charge in [-0.1, -0.05) is 6.07 Å². The van der Waals surface area contributed by atoms with Crippen LogP contribution < -0.4 is 5.32 Å². The molecule has 0 aromatic carbocycles. The number of sulfonamides is 1. The minimum absolute atomic E-state index is 0. The summed E-state index contributed by atoms with van der Waals surface area (Å²) in [5.41, 5.74) is 0.785. The maximum absolute atomic E-state index is 12.5. The average molecular weight is 565 g/mol. The highest BCUT2D eigenvalue weighted by Gasteiger charge is 2.28. The first-order valence-corrected chi connectivity index (χ1v) is 11.9. The maximum Gasteiger partial charge on any atom is 0.216 e. The van der Waals surface area contributed by atoms with E-state index in [4.69, 9.17) is 9.73 Å². The molecule has 0 aliphatic carbocycles. The van der Waals surface area contributed by atoms with E-state index in [-0.39, 0.29) is 42.4 Å². The minimum Gasteiger partial charge on any atom is -0.378 e. The van der Waals surface area contributed by atoms with Crippen LogP contribution >= 0.6 is 24.0 Å². The zero-order valence-electron chi connectivity index (χ0n) is 18.3. The number of piperazine rings is 1. The first-order valence-electron chi connectivity index (χ1n) is 10.3. The predicted octanol–water partition coefficient (Wildman–Crippen LogP) is 1.19. The highest BCUT2D eigenvalue weighted by atomic mass is 127. The fourth-order valence-corrected chi connectivity index (χ4v) is 4.55. The molecule has 0 spiro atoms. The summed E-state index contributed by atoms with van der Waals surface area (Å²) in [6.45, 7) is 9.17. The molecule has 0 radical (unpaired) electrons. The van der Waals surface area contributed by atoms with Gasteiger partial charge in [-0.05, 0) is 32.9 Å². The molecule has 1 saturated heterocycles.